The molecule has 0 bridgehead atoms. The minimum Gasteiger partial charge on any atom is -0.396 e. The third-order valence-electron chi connectivity index (χ3n) is 2.10. The molecule has 1 aromatic rings. The molecule has 1 amide bonds. The van der Waals surface area contributed by atoms with Gasteiger partial charge in [0.25, 0.3) is 11.6 Å². The Hall–Kier alpha value is -1.60. The first-order chi connectivity index (χ1) is 8.60. The van der Waals surface area contributed by atoms with E-state index in [-0.39, 0.29) is 18.2 Å². The summed E-state index contributed by atoms with van der Waals surface area (Å²) in [5, 5.41) is 22.2. The first-order valence-corrected chi connectivity index (χ1v) is 6.39. The zero-order chi connectivity index (χ0) is 13.5. The van der Waals surface area contributed by atoms with E-state index in [2.05, 4.69) is 5.32 Å². The highest BCUT2D eigenvalue weighted by Crippen LogP contribution is 2.29. The number of amides is 1. The number of aliphatic hydroxyl groups is 1. The Morgan fingerprint density at radius 3 is 2.83 bits per heavy atom. The fourth-order valence-electron chi connectivity index (χ4n) is 1.34. The zero-order valence-corrected chi connectivity index (χ0v) is 10.7. The highest BCUT2D eigenvalue weighted by molar-refractivity contribution is 7.99. The van der Waals surface area contributed by atoms with Crippen LogP contribution >= 0.6 is 11.8 Å². The van der Waals surface area contributed by atoms with Gasteiger partial charge in [-0.05, 0) is 19.1 Å². The van der Waals surface area contributed by atoms with Crippen LogP contribution in [0.4, 0.5) is 5.69 Å². The molecule has 0 spiro atoms. The van der Waals surface area contributed by atoms with Gasteiger partial charge in [0, 0.05) is 23.9 Å². The van der Waals surface area contributed by atoms with Crippen molar-refractivity contribution >= 4 is 23.4 Å². The first-order valence-electron chi connectivity index (χ1n) is 5.40. The van der Waals surface area contributed by atoms with Gasteiger partial charge in [-0.2, -0.15) is 0 Å². The molecule has 6 nitrogen and oxygen atoms in total. The lowest BCUT2D eigenvalue weighted by molar-refractivity contribution is -0.387. The molecule has 0 aromatic heterocycles. The number of carbonyl (C=O) groups excluding carboxylic acids is 1. The number of thioether (sulfide) groups is 1. The predicted molar refractivity (Wildman–Crippen MR) is 68.9 cm³/mol. The summed E-state index contributed by atoms with van der Waals surface area (Å²) in [6, 6.07) is 4.21. The highest BCUT2D eigenvalue weighted by Gasteiger charge is 2.16. The number of rotatable bonds is 6. The fraction of sp³-hybridized carbons (Fsp3) is 0.364. The van der Waals surface area contributed by atoms with Crippen LogP contribution in [0.25, 0.3) is 0 Å². The summed E-state index contributed by atoms with van der Waals surface area (Å²) < 4.78 is 0. The molecule has 0 fully saturated rings. The Morgan fingerprint density at radius 1 is 1.56 bits per heavy atom. The van der Waals surface area contributed by atoms with Crippen LogP contribution < -0.4 is 5.32 Å². The van der Waals surface area contributed by atoms with E-state index in [1.165, 1.54) is 18.2 Å². The second kappa shape index (κ2) is 6.97. The Labute approximate surface area is 109 Å². The van der Waals surface area contributed by atoms with Gasteiger partial charge in [-0.1, -0.05) is 0 Å². The summed E-state index contributed by atoms with van der Waals surface area (Å²) in [7, 11) is 0. The normalized spacial score (nSPS) is 10.1. The molecule has 98 valence electrons. The standard InChI is InChI=1S/C11H14N2O4S/c1-2-12-11(15)8-3-4-9(13(16)17)10(7-8)18-6-5-14/h3-4,7,14H,2,5-6H2,1H3,(H,12,15). The molecule has 0 saturated carbocycles. The van der Waals surface area contributed by atoms with Crippen molar-refractivity contribution in [2.24, 2.45) is 0 Å². The van der Waals surface area contributed by atoms with Crippen LogP contribution in [0.15, 0.2) is 23.1 Å². The number of hydrogen-bond acceptors (Lipinski definition) is 5. The summed E-state index contributed by atoms with van der Waals surface area (Å²) in [5.41, 5.74) is 0.324. The maximum absolute atomic E-state index is 11.6. The minimum atomic E-state index is -0.499. The maximum Gasteiger partial charge on any atom is 0.282 e. The number of aliphatic hydroxyl groups excluding tert-OH is 1. The third kappa shape index (κ3) is 3.71. The van der Waals surface area contributed by atoms with Crippen LogP contribution in [0.3, 0.4) is 0 Å². The third-order valence-corrected chi connectivity index (χ3v) is 3.13. The second-order valence-electron chi connectivity index (χ2n) is 3.37. The van der Waals surface area contributed by atoms with Gasteiger partial charge in [-0.3, -0.25) is 14.9 Å². The molecule has 0 saturated heterocycles. The summed E-state index contributed by atoms with van der Waals surface area (Å²) in [5.74, 6) is 0.0814. The van der Waals surface area contributed by atoms with Crippen LogP contribution in [0.5, 0.6) is 0 Å². The quantitative estimate of drug-likeness (QED) is 0.463. The van der Waals surface area contributed by atoms with Gasteiger partial charge < -0.3 is 10.4 Å². The highest BCUT2D eigenvalue weighted by atomic mass is 32.2. The van der Waals surface area contributed by atoms with Crippen molar-refractivity contribution in [3.63, 3.8) is 0 Å². The van der Waals surface area contributed by atoms with E-state index >= 15 is 0 Å². The smallest absolute Gasteiger partial charge is 0.282 e. The summed E-state index contributed by atoms with van der Waals surface area (Å²) in [6.07, 6.45) is 0. The van der Waals surface area contributed by atoms with Crippen LogP contribution in [-0.2, 0) is 0 Å². The van der Waals surface area contributed by atoms with Crippen molar-refractivity contribution < 1.29 is 14.8 Å². The monoisotopic (exact) mass is 270 g/mol. The van der Waals surface area contributed by atoms with Crippen molar-refractivity contribution in [2.75, 3.05) is 18.9 Å². The minimum absolute atomic E-state index is 0.0542. The van der Waals surface area contributed by atoms with Crippen LogP contribution in [0, 0.1) is 10.1 Å². The van der Waals surface area contributed by atoms with Gasteiger partial charge in [0.1, 0.15) is 0 Å². The number of benzene rings is 1. The van der Waals surface area contributed by atoms with E-state index in [0.717, 1.165) is 11.8 Å². The van der Waals surface area contributed by atoms with E-state index < -0.39 is 4.92 Å². The van der Waals surface area contributed by atoms with E-state index in [1.807, 2.05) is 0 Å². The Bertz CT molecular complexity index is 451. The zero-order valence-electron chi connectivity index (χ0n) is 9.88. The molecule has 0 atom stereocenters. The van der Waals surface area contributed by atoms with Gasteiger partial charge in [-0.15, -0.1) is 11.8 Å². The molecule has 1 rings (SSSR count). The maximum atomic E-state index is 11.6. The number of nitro groups is 1. The van der Waals surface area contributed by atoms with Crippen molar-refractivity contribution in [3.05, 3.63) is 33.9 Å². The number of nitrogens with one attached hydrogen (secondary N) is 1. The molecule has 0 aliphatic rings. The lowest BCUT2D eigenvalue weighted by Crippen LogP contribution is -2.22. The van der Waals surface area contributed by atoms with Gasteiger partial charge in [0.2, 0.25) is 0 Å². The predicted octanol–water partition coefficient (Wildman–Crippen LogP) is 1.43. The molecule has 0 aliphatic carbocycles. The van der Waals surface area contributed by atoms with Crippen LogP contribution in [0.2, 0.25) is 0 Å². The number of hydrogen-bond donors (Lipinski definition) is 2. The molecule has 0 aliphatic heterocycles. The first kappa shape index (κ1) is 14.5. The topological polar surface area (TPSA) is 92.5 Å². The summed E-state index contributed by atoms with van der Waals surface area (Å²) >= 11 is 1.15. The van der Waals surface area contributed by atoms with Crippen LogP contribution in [-0.4, -0.2) is 34.8 Å². The van der Waals surface area contributed by atoms with Gasteiger partial charge in [-0.25, -0.2) is 0 Å². The van der Waals surface area contributed by atoms with Gasteiger partial charge in [0.15, 0.2) is 0 Å². The molecule has 0 radical (unpaired) electrons. The molecule has 18 heavy (non-hydrogen) atoms. The summed E-state index contributed by atoms with van der Waals surface area (Å²) in [4.78, 5) is 22.3. The lowest BCUT2D eigenvalue weighted by Gasteiger charge is -2.05. The number of nitro benzene ring substituents is 1. The lowest BCUT2D eigenvalue weighted by atomic mass is 10.2. The molecule has 0 heterocycles. The average Bonchev–Trinajstić information content (AvgIpc) is 2.36. The molecule has 2 N–H and O–H groups in total. The Morgan fingerprint density at radius 2 is 2.28 bits per heavy atom. The fourth-order valence-corrected chi connectivity index (χ4v) is 2.15. The van der Waals surface area contributed by atoms with Gasteiger partial charge >= 0.3 is 0 Å². The second-order valence-corrected chi connectivity index (χ2v) is 4.51. The molecular weight excluding hydrogens is 256 g/mol. The molecule has 1 aromatic carbocycles. The van der Waals surface area contributed by atoms with E-state index in [0.29, 0.717) is 22.8 Å². The van der Waals surface area contributed by atoms with E-state index in [4.69, 9.17) is 5.11 Å². The number of nitrogens with zero attached hydrogens (tertiary/aromatic N) is 1. The Kier molecular flexibility index (Phi) is 5.60. The van der Waals surface area contributed by atoms with Crippen molar-refractivity contribution in [3.8, 4) is 0 Å². The largest absolute Gasteiger partial charge is 0.396 e. The Balaban J connectivity index is 3.04. The van der Waals surface area contributed by atoms with Gasteiger partial charge in [0.05, 0.1) is 16.4 Å². The molecular formula is C11H14N2O4S. The van der Waals surface area contributed by atoms with E-state index in [1.54, 1.807) is 6.92 Å². The van der Waals surface area contributed by atoms with Crippen LogP contribution in [0.1, 0.15) is 17.3 Å². The van der Waals surface area contributed by atoms with Crippen molar-refractivity contribution in [2.45, 2.75) is 11.8 Å². The SMILES string of the molecule is CCNC(=O)c1ccc([N+](=O)[O-])c(SCCO)c1. The average molecular weight is 270 g/mol. The van der Waals surface area contributed by atoms with Crippen molar-refractivity contribution in [1.29, 1.82) is 0 Å². The summed E-state index contributed by atoms with van der Waals surface area (Å²) in [6.45, 7) is 2.22. The molecule has 7 heteroatoms. The number of carbonyl (C=O) groups is 1. The molecule has 0 unspecified atom stereocenters. The van der Waals surface area contributed by atoms with E-state index in [9.17, 15) is 14.9 Å². The van der Waals surface area contributed by atoms with Crippen molar-refractivity contribution in [1.82, 2.24) is 5.32 Å².